The number of nitrogens with two attached hydrogens (primary N) is 1. The molecule has 2 aromatic heterocycles. The van der Waals surface area contributed by atoms with Crippen LogP contribution in [0.1, 0.15) is 32.6 Å². The normalized spacial score (nSPS) is 37.3. The first-order valence-corrected chi connectivity index (χ1v) is 9.71. The van der Waals surface area contributed by atoms with Crippen LogP contribution in [0.15, 0.2) is 18.5 Å². The smallest absolute Gasteiger partial charge is 0.396 e. The molecule has 2 aliphatic rings. The molecule has 2 saturated heterocycles. The van der Waals surface area contributed by atoms with Gasteiger partial charge in [-0.2, -0.15) is 5.10 Å². The van der Waals surface area contributed by atoms with E-state index in [1.165, 1.54) is 23.8 Å². The van der Waals surface area contributed by atoms with Crippen LogP contribution in [0.4, 0.5) is 10.1 Å². The largest absolute Gasteiger partial charge is 0.475 e. The average Bonchev–Trinajstić information content (AvgIpc) is 3.07. The third-order valence-electron chi connectivity index (χ3n) is 4.42. The highest BCUT2D eigenvalue weighted by Gasteiger charge is 2.61. The van der Waals surface area contributed by atoms with E-state index in [-0.39, 0.29) is 6.61 Å². The fraction of sp³-hybridized carbons (Fsp3) is 0.600. The fourth-order valence-corrected chi connectivity index (χ4v) is 4.94. The van der Waals surface area contributed by atoms with Crippen LogP contribution in [0.25, 0.3) is 5.65 Å². The van der Waals surface area contributed by atoms with Crippen molar-refractivity contribution in [2.24, 2.45) is 0 Å². The van der Waals surface area contributed by atoms with Gasteiger partial charge in [-0.1, -0.05) is 0 Å². The van der Waals surface area contributed by atoms with Crippen LogP contribution in [0.2, 0.25) is 0 Å². The summed E-state index contributed by atoms with van der Waals surface area (Å²) in [5.74, 6) is 0. The molecule has 0 radical (unpaired) electrons. The molecule has 4 rings (SSSR count). The maximum absolute atomic E-state index is 15.7. The van der Waals surface area contributed by atoms with Crippen molar-refractivity contribution in [3.8, 4) is 0 Å². The van der Waals surface area contributed by atoms with Gasteiger partial charge in [-0.15, -0.1) is 0 Å². The molecule has 2 aromatic rings. The number of anilines is 1. The molecule has 9 nitrogen and oxygen atoms in total. The van der Waals surface area contributed by atoms with Gasteiger partial charge in [0.2, 0.25) is 0 Å². The molecule has 2 fully saturated rings. The van der Waals surface area contributed by atoms with Gasteiger partial charge >= 0.3 is 7.82 Å². The number of nitrogens with zero attached hydrogens (tertiary/aromatic N) is 3. The maximum Gasteiger partial charge on any atom is 0.475 e. The summed E-state index contributed by atoms with van der Waals surface area (Å²) in [5.41, 5.74) is 5.07. The molecule has 5 atom stereocenters. The maximum atomic E-state index is 15.7. The first-order chi connectivity index (χ1) is 12.2. The van der Waals surface area contributed by atoms with Crippen molar-refractivity contribution < 1.29 is 27.3 Å². The first-order valence-electron chi connectivity index (χ1n) is 8.25. The van der Waals surface area contributed by atoms with Crippen molar-refractivity contribution in [3.05, 3.63) is 24.2 Å². The van der Waals surface area contributed by atoms with E-state index >= 15 is 4.39 Å². The lowest BCUT2D eigenvalue weighted by Crippen LogP contribution is -2.44. The summed E-state index contributed by atoms with van der Waals surface area (Å²) >= 11 is 0. The minimum absolute atomic E-state index is 0.100. The van der Waals surface area contributed by atoms with Gasteiger partial charge in [0, 0.05) is 0 Å². The lowest BCUT2D eigenvalue weighted by Gasteiger charge is -2.34. The molecule has 0 saturated carbocycles. The number of phosphoric acid groups is 1. The molecular formula is C15H20FN4O5P. The van der Waals surface area contributed by atoms with Crippen LogP contribution in [0.3, 0.4) is 0 Å². The Hall–Kier alpha value is -1.58. The van der Waals surface area contributed by atoms with Crippen molar-refractivity contribution >= 4 is 19.2 Å². The van der Waals surface area contributed by atoms with Gasteiger partial charge in [-0.3, -0.25) is 13.6 Å². The van der Waals surface area contributed by atoms with Gasteiger partial charge in [0.1, 0.15) is 18.3 Å². The Bertz CT molecular complexity index is 888. The average molecular weight is 386 g/mol. The van der Waals surface area contributed by atoms with Crippen LogP contribution in [-0.2, 0) is 22.9 Å². The summed E-state index contributed by atoms with van der Waals surface area (Å²) in [5, 5.41) is 4.17. The molecule has 11 heteroatoms. The predicted octanol–water partition coefficient (Wildman–Crippen LogP) is 2.43. The van der Waals surface area contributed by atoms with Gasteiger partial charge in [-0.05, 0) is 26.8 Å². The predicted molar refractivity (Wildman–Crippen MR) is 89.2 cm³/mol. The minimum Gasteiger partial charge on any atom is -0.396 e. The highest BCUT2D eigenvalue weighted by Crippen LogP contribution is 2.60. The van der Waals surface area contributed by atoms with Crippen molar-refractivity contribution in [2.75, 3.05) is 12.3 Å². The first kappa shape index (κ1) is 17.8. The van der Waals surface area contributed by atoms with Crippen molar-refractivity contribution in [1.29, 1.82) is 0 Å². The second kappa shape index (κ2) is 5.97. The van der Waals surface area contributed by atoms with E-state index in [0.29, 0.717) is 17.0 Å². The summed E-state index contributed by atoms with van der Waals surface area (Å²) in [6.07, 6.45) is -0.334. The van der Waals surface area contributed by atoms with Crippen molar-refractivity contribution in [1.82, 2.24) is 14.6 Å². The van der Waals surface area contributed by atoms with Gasteiger partial charge in [0.05, 0.1) is 36.5 Å². The number of rotatable bonds is 3. The van der Waals surface area contributed by atoms with Crippen LogP contribution in [0.5, 0.6) is 0 Å². The number of ether oxygens (including phenoxy) is 1. The molecule has 0 aromatic carbocycles. The number of aromatic nitrogens is 3. The Balaban J connectivity index is 1.68. The van der Waals surface area contributed by atoms with Crippen LogP contribution < -0.4 is 5.73 Å². The monoisotopic (exact) mass is 386 g/mol. The molecular weight excluding hydrogens is 366 g/mol. The van der Waals surface area contributed by atoms with Crippen molar-refractivity contribution in [2.45, 2.75) is 50.9 Å². The Kier molecular flexibility index (Phi) is 4.09. The van der Waals surface area contributed by atoms with Gasteiger partial charge in [-0.25, -0.2) is 18.5 Å². The van der Waals surface area contributed by atoms with E-state index in [1.807, 2.05) is 0 Å². The topological polar surface area (TPSA) is 110 Å². The molecule has 0 bridgehead atoms. The van der Waals surface area contributed by atoms with Crippen LogP contribution in [-0.4, -0.2) is 45.2 Å². The minimum atomic E-state index is -3.86. The third-order valence-corrected chi connectivity index (χ3v) is 6.05. The SMILES string of the molecule is CC(C)OP1(=O)OC[C@H]2O[C@@H](c3cnc4c(N)ccnn34)[C@](C)(F)C2O1. The lowest BCUT2D eigenvalue weighted by atomic mass is 9.93. The number of hydrogen-bond acceptors (Lipinski definition) is 8. The molecule has 26 heavy (non-hydrogen) atoms. The summed E-state index contributed by atoms with van der Waals surface area (Å²) in [6, 6.07) is 1.60. The van der Waals surface area contributed by atoms with Crippen molar-refractivity contribution in [3.63, 3.8) is 0 Å². The molecule has 2 unspecified atom stereocenters. The molecule has 2 aliphatic heterocycles. The zero-order valence-corrected chi connectivity index (χ0v) is 15.4. The van der Waals surface area contributed by atoms with E-state index in [4.69, 9.17) is 24.0 Å². The van der Waals surface area contributed by atoms with Gasteiger partial charge < -0.3 is 10.5 Å². The Morgan fingerprint density at radius 1 is 1.54 bits per heavy atom. The Labute approximate surface area is 149 Å². The zero-order chi connectivity index (χ0) is 18.7. The number of nitrogen functional groups attached to an aromatic ring is 1. The lowest BCUT2D eigenvalue weighted by molar-refractivity contribution is -0.0665. The Morgan fingerprint density at radius 2 is 2.31 bits per heavy atom. The van der Waals surface area contributed by atoms with Gasteiger partial charge in [0.15, 0.2) is 11.3 Å². The van der Waals surface area contributed by atoms with E-state index in [1.54, 1.807) is 19.9 Å². The van der Waals surface area contributed by atoms with Gasteiger partial charge in [0.25, 0.3) is 0 Å². The number of phosphoric ester groups is 1. The number of hydrogen-bond donors (Lipinski definition) is 1. The fourth-order valence-electron chi connectivity index (χ4n) is 3.31. The standard InChI is InChI=1S/C15H20FN4O5P/c1-8(2)24-26(21)22-7-11-13(25-26)15(3,16)12(23-11)10-6-18-14-9(17)4-5-19-20(10)14/h4-6,8,11-13H,7,17H2,1-3H3/t11-,12+,13?,15+,26?/m1/s1. The summed E-state index contributed by atoms with van der Waals surface area (Å²) in [7, 11) is -3.86. The summed E-state index contributed by atoms with van der Waals surface area (Å²) in [6.45, 7) is 4.61. The molecule has 2 N–H and O–H groups in total. The Morgan fingerprint density at radius 3 is 3.04 bits per heavy atom. The number of imidazole rings is 1. The molecule has 4 heterocycles. The molecule has 142 valence electrons. The third kappa shape index (κ3) is 2.73. The molecule has 0 spiro atoms. The number of alkyl halides is 1. The van der Waals surface area contributed by atoms with Crippen LogP contribution in [0, 0.1) is 0 Å². The summed E-state index contributed by atoms with van der Waals surface area (Å²) in [4.78, 5) is 4.19. The quantitative estimate of drug-likeness (QED) is 0.801. The van der Waals surface area contributed by atoms with E-state index in [2.05, 4.69) is 10.1 Å². The second-order valence-corrected chi connectivity index (χ2v) is 8.41. The van der Waals surface area contributed by atoms with Crippen LogP contribution >= 0.6 is 7.82 Å². The van der Waals surface area contributed by atoms with E-state index in [9.17, 15) is 4.57 Å². The molecule has 0 amide bonds. The highest BCUT2D eigenvalue weighted by atomic mass is 31.2. The van der Waals surface area contributed by atoms with E-state index in [0.717, 1.165) is 0 Å². The zero-order valence-electron chi connectivity index (χ0n) is 14.5. The second-order valence-electron chi connectivity index (χ2n) is 6.83. The van der Waals surface area contributed by atoms with E-state index < -0.39 is 37.9 Å². The molecule has 0 aliphatic carbocycles. The highest BCUT2D eigenvalue weighted by molar-refractivity contribution is 7.48. The summed E-state index contributed by atoms with van der Waals surface area (Å²) < 4.78 is 51.4. The number of fused-ring (bicyclic) bond motifs is 2. The number of halogens is 1.